The first-order chi connectivity index (χ1) is 8.28. The van der Waals surface area contributed by atoms with Gasteiger partial charge in [0.15, 0.2) is 0 Å². The zero-order valence-corrected chi connectivity index (χ0v) is 11.3. The first kappa shape index (κ1) is 14.8. The van der Waals surface area contributed by atoms with Gasteiger partial charge in [0.2, 0.25) is 5.91 Å². The third-order valence-electron chi connectivity index (χ3n) is 2.79. The molecule has 1 heterocycles. The molecule has 0 spiro atoms. The Kier molecular flexibility index (Phi) is 4.95. The smallest absolute Gasteiger partial charge is 0.407 e. The zero-order chi connectivity index (χ0) is 13.8. The van der Waals surface area contributed by atoms with Crippen LogP contribution in [-0.4, -0.2) is 36.7 Å². The number of ether oxygens (including phenoxy) is 1. The van der Waals surface area contributed by atoms with E-state index in [0.29, 0.717) is 19.0 Å². The molecule has 2 atom stereocenters. The van der Waals surface area contributed by atoms with E-state index >= 15 is 0 Å². The van der Waals surface area contributed by atoms with E-state index < -0.39 is 11.7 Å². The summed E-state index contributed by atoms with van der Waals surface area (Å²) in [6.07, 6.45) is 1.19. The number of piperidine rings is 1. The summed E-state index contributed by atoms with van der Waals surface area (Å²) in [5.74, 6) is 0.00155. The Bertz CT molecular complexity index is 304. The molecule has 1 aliphatic rings. The van der Waals surface area contributed by atoms with Gasteiger partial charge in [-0.05, 0) is 39.5 Å². The van der Waals surface area contributed by atoms with Crippen LogP contribution >= 0.6 is 0 Å². The third kappa shape index (κ3) is 5.35. The molecule has 4 N–H and O–H groups in total. The Morgan fingerprint density at radius 2 is 2.06 bits per heavy atom. The van der Waals surface area contributed by atoms with Gasteiger partial charge in [-0.3, -0.25) is 4.79 Å². The van der Waals surface area contributed by atoms with Crippen LogP contribution in [0.3, 0.4) is 0 Å². The van der Waals surface area contributed by atoms with Crippen molar-refractivity contribution in [1.29, 1.82) is 0 Å². The van der Waals surface area contributed by atoms with Crippen molar-refractivity contribution in [3.63, 3.8) is 0 Å². The quantitative estimate of drug-likeness (QED) is 0.680. The molecule has 1 fully saturated rings. The van der Waals surface area contributed by atoms with Gasteiger partial charge in [-0.2, -0.15) is 0 Å². The second-order valence-electron chi connectivity index (χ2n) is 5.69. The number of hydrogen-bond donors (Lipinski definition) is 3. The maximum atomic E-state index is 11.4. The Hall–Kier alpha value is -1.30. The van der Waals surface area contributed by atoms with Gasteiger partial charge in [0, 0.05) is 13.1 Å². The molecule has 6 nitrogen and oxygen atoms in total. The highest BCUT2D eigenvalue weighted by molar-refractivity contribution is 5.79. The molecule has 104 valence electrons. The minimum atomic E-state index is -0.480. The molecule has 0 saturated carbocycles. The lowest BCUT2D eigenvalue weighted by Gasteiger charge is -2.28. The Morgan fingerprint density at radius 1 is 1.39 bits per heavy atom. The zero-order valence-electron chi connectivity index (χ0n) is 11.3. The lowest BCUT2D eigenvalue weighted by Crippen LogP contribution is -2.49. The number of nitrogens with one attached hydrogen (secondary N) is 2. The van der Waals surface area contributed by atoms with Crippen LogP contribution in [0.25, 0.3) is 0 Å². The van der Waals surface area contributed by atoms with Crippen LogP contribution < -0.4 is 16.4 Å². The Balaban J connectivity index is 2.22. The molecular formula is C12H23N3O3. The van der Waals surface area contributed by atoms with Crippen LogP contribution in [0.15, 0.2) is 0 Å². The van der Waals surface area contributed by atoms with Crippen molar-refractivity contribution in [3.05, 3.63) is 0 Å². The number of alkyl carbamates (subject to hydrolysis) is 1. The number of rotatable bonds is 3. The van der Waals surface area contributed by atoms with E-state index in [4.69, 9.17) is 10.5 Å². The summed E-state index contributed by atoms with van der Waals surface area (Å²) in [4.78, 5) is 22.4. The van der Waals surface area contributed by atoms with Crippen molar-refractivity contribution in [2.75, 3.05) is 13.1 Å². The van der Waals surface area contributed by atoms with Gasteiger partial charge < -0.3 is 21.1 Å². The lowest BCUT2D eigenvalue weighted by atomic mass is 9.94. The molecule has 0 radical (unpaired) electrons. The van der Waals surface area contributed by atoms with Crippen LogP contribution in [0.4, 0.5) is 4.79 Å². The molecule has 1 rings (SSSR count). The summed E-state index contributed by atoms with van der Waals surface area (Å²) in [6, 6.07) is -0.234. The molecule has 1 aliphatic heterocycles. The van der Waals surface area contributed by atoms with E-state index in [9.17, 15) is 9.59 Å². The van der Waals surface area contributed by atoms with E-state index in [1.807, 2.05) is 20.8 Å². The van der Waals surface area contributed by atoms with Crippen LogP contribution in [0, 0.1) is 5.92 Å². The molecule has 0 unspecified atom stereocenters. The molecule has 0 aromatic carbocycles. The number of primary amides is 1. The fourth-order valence-corrected chi connectivity index (χ4v) is 1.87. The molecule has 6 heteroatoms. The van der Waals surface area contributed by atoms with Crippen LogP contribution in [0.2, 0.25) is 0 Å². The predicted molar refractivity (Wildman–Crippen MR) is 67.9 cm³/mol. The highest BCUT2D eigenvalue weighted by Crippen LogP contribution is 2.13. The van der Waals surface area contributed by atoms with E-state index in [2.05, 4.69) is 10.6 Å². The Labute approximate surface area is 108 Å². The van der Waals surface area contributed by atoms with Crippen molar-refractivity contribution in [3.8, 4) is 0 Å². The fourth-order valence-electron chi connectivity index (χ4n) is 1.87. The fraction of sp³-hybridized carbons (Fsp3) is 0.833. The predicted octanol–water partition coefficient (Wildman–Crippen LogP) is 0.365. The molecule has 0 aromatic rings. The normalized spacial score (nSPS) is 24.4. The maximum absolute atomic E-state index is 11.4. The molecular weight excluding hydrogens is 234 g/mol. The van der Waals surface area contributed by atoms with Gasteiger partial charge in [0.1, 0.15) is 5.60 Å². The van der Waals surface area contributed by atoms with Gasteiger partial charge in [-0.15, -0.1) is 0 Å². The van der Waals surface area contributed by atoms with E-state index in [0.717, 1.165) is 12.8 Å². The second-order valence-corrected chi connectivity index (χ2v) is 5.69. The maximum Gasteiger partial charge on any atom is 0.407 e. The largest absolute Gasteiger partial charge is 0.444 e. The van der Waals surface area contributed by atoms with Crippen LogP contribution in [0.5, 0.6) is 0 Å². The molecule has 0 aromatic heterocycles. The van der Waals surface area contributed by atoms with Gasteiger partial charge in [0.05, 0.1) is 6.04 Å². The standard InChI is InChI=1S/C12H23N3O3/c1-12(2,3)18-11(17)15-7-8-4-5-9(10(13)16)14-6-8/h8-9,14H,4-7H2,1-3H3,(H2,13,16)(H,15,17)/t8-,9-/m1/s1. The van der Waals surface area contributed by atoms with Gasteiger partial charge >= 0.3 is 6.09 Å². The molecule has 1 saturated heterocycles. The number of hydrogen-bond acceptors (Lipinski definition) is 4. The van der Waals surface area contributed by atoms with Crippen molar-refractivity contribution in [2.24, 2.45) is 11.7 Å². The number of nitrogens with two attached hydrogens (primary N) is 1. The summed E-state index contributed by atoms with van der Waals surface area (Å²) >= 11 is 0. The van der Waals surface area contributed by atoms with Crippen molar-refractivity contribution >= 4 is 12.0 Å². The van der Waals surface area contributed by atoms with Gasteiger partial charge in [0.25, 0.3) is 0 Å². The minimum absolute atomic E-state index is 0.234. The summed E-state index contributed by atoms with van der Waals surface area (Å²) in [7, 11) is 0. The van der Waals surface area contributed by atoms with Gasteiger partial charge in [-0.25, -0.2) is 4.79 Å². The van der Waals surface area contributed by atoms with Crippen LogP contribution in [-0.2, 0) is 9.53 Å². The van der Waals surface area contributed by atoms with E-state index in [1.165, 1.54) is 0 Å². The van der Waals surface area contributed by atoms with Gasteiger partial charge in [-0.1, -0.05) is 0 Å². The third-order valence-corrected chi connectivity index (χ3v) is 2.79. The van der Waals surface area contributed by atoms with E-state index in [1.54, 1.807) is 0 Å². The number of carbonyl (C=O) groups excluding carboxylic acids is 2. The van der Waals surface area contributed by atoms with Crippen molar-refractivity contribution in [2.45, 2.75) is 45.3 Å². The number of carbonyl (C=O) groups is 2. The van der Waals surface area contributed by atoms with Crippen molar-refractivity contribution in [1.82, 2.24) is 10.6 Å². The van der Waals surface area contributed by atoms with Crippen LogP contribution in [0.1, 0.15) is 33.6 Å². The molecule has 0 aliphatic carbocycles. The lowest BCUT2D eigenvalue weighted by molar-refractivity contribution is -0.120. The summed E-state index contributed by atoms with van der Waals surface area (Å²) in [6.45, 7) is 6.71. The summed E-state index contributed by atoms with van der Waals surface area (Å²) in [5, 5.41) is 5.81. The average Bonchev–Trinajstić information content (AvgIpc) is 2.24. The number of amides is 2. The summed E-state index contributed by atoms with van der Waals surface area (Å²) < 4.78 is 5.14. The van der Waals surface area contributed by atoms with Crippen molar-refractivity contribution < 1.29 is 14.3 Å². The minimum Gasteiger partial charge on any atom is -0.444 e. The monoisotopic (exact) mass is 257 g/mol. The SMILES string of the molecule is CC(C)(C)OC(=O)NC[C@@H]1CC[C@H](C(N)=O)NC1. The first-order valence-corrected chi connectivity index (χ1v) is 6.27. The first-order valence-electron chi connectivity index (χ1n) is 6.27. The Morgan fingerprint density at radius 3 is 2.50 bits per heavy atom. The molecule has 18 heavy (non-hydrogen) atoms. The second kappa shape index (κ2) is 6.04. The highest BCUT2D eigenvalue weighted by atomic mass is 16.6. The highest BCUT2D eigenvalue weighted by Gasteiger charge is 2.24. The molecule has 0 bridgehead atoms. The average molecular weight is 257 g/mol. The van der Waals surface area contributed by atoms with E-state index in [-0.39, 0.29) is 11.9 Å². The topological polar surface area (TPSA) is 93.4 Å². The molecule has 2 amide bonds. The summed E-state index contributed by atoms with van der Waals surface area (Å²) in [5.41, 5.74) is 4.73.